The number of esters is 4. The minimum Gasteiger partial charge on any atom is -0.508 e. The summed E-state index contributed by atoms with van der Waals surface area (Å²) in [7, 11) is 0. The third-order valence-electron chi connectivity index (χ3n) is 4.40. The fourth-order valence-electron chi connectivity index (χ4n) is 3.16. The van der Waals surface area contributed by atoms with Gasteiger partial charge in [0.1, 0.15) is 24.5 Å². The van der Waals surface area contributed by atoms with Crippen LogP contribution in [0.1, 0.15) is 38.1 Å². The molecule has 0 radical (unpaired) electrons. The Hall–Kier alpha value is -3.67. The van der Waals surface area contributed by atoms with Gasteiger partial charge in [0.15, 0.2) is 12.2 Å². The molecule has 0 bridgehead atoms. The van der Waals surface area contributed by atoms with Crippen LogP contribution < -0.4 is 5.32 Å². The first-order valence-electron chi connectivity index (χ1n) is 9.88. The van der Waals surface area contributed by atoms with Gasteiger partial charge in [-0.1, -0.05) is 0 Å². The van der Waals surface area contributed by atoms with Gasteiger partial charge in [-0.25, -0.2) is 4.79 Å². The van der Waals surface area contributed by atoms with Gasteiger partial charge in [0, 0.05) is 27.7 Å². The summed E-state index contributed by atoms with van der Waals surface area (Å²) in [5, 5.41) is 11.9. The second-order valence-corrected chi connectivity index (χ2v) is 7.17. The van der Waals surface area contributed by atoms with Gasteiger partial charge in [0.2, 0.25) is 12.2 Å². The van der Waals surface area contributed by atoms with Crippen molar-refractivity contribution in [2.45, 2.75) is 58.3 Å². The molecule has 0 aromatic heterocycles. The lowest BCUT2D eigenvalue weighted by Gasteiger charge is -2.44. The van der Waals surface area contributed by atoms with E-state index in [1.807, 2.05) is 0 Å². The van der Waals surface area contributed by atoms with Crippen LogP contribution in [0, 0.1) is 0 Å². The molecule has 12 heteroatoms. The van der Waals surface area contributed by atoms with Crippen LogP contribution in [0.3, 0.4) is 0 Å². The van der Waals surface area contributed by atoms with E-state index in [9.17, 15) is 29.1 Å². The van der Waals surface area contributed by atoms with E-state index in [0.717, 1.165) is 20.8 Å². The van der Waals surface area contributed by atoms with Gasteiger partial charge in [-0.15, -0.1) is 0 Å². The Labute approximate surface area is 189 Å². The molecule has 1 aromatic rings. The number of rotatable bonds is 7. The van der Waals surface area contributed by atoms with Crippen LogP contribution in [0.5, 0.6) is 5.75 Å². The Morgan fingerprint density at radius 1 is 0.879 bits per heavy atom. The van der Waals surface area contributed by atoms with E-state index in [1.54, 1.807) is 0 Å². The number of aromatic hydroxyl groups is 1. The molecule has 1 aliphatic rings. The van der Waals surface area contributed by atoms with Crippen molar-refractivity contribution in [3.8, 4) is 5.75 Å². The fourth-order valence-corrected chi connectivity index (χ4v) is 3.16. The average molecular weight is 467 g/mol. The van der Waals surface area contributed by atoms with Crippen LogP contribution in [0.15, 0.2) is 24.3 Å². The summed E-state index contributed by atoms with van der Waals surface area (Å²) in [5.74, 6) is -3.72. The monoisotopic (exact) mass is 467 g/mol. The number of amides is 1. The summed E-state index contributed by atoms with van der Waals surface area (Å²) in [6, 6.07) is 3.87. The third-order valence-corrected chi connectivity index (χ3v) is 4.40. The van der Waals surface area contributed by atoms with Crippen molar-refractivity contribution in [3.63, 3.8) is 0 Å². The fraction of sp³-hybridized carbons (Fsp3) is 0.476. The van der Waals surface area contributed by atoms with Gasteiger partial charge in [-0.05, 0) is 24.3 Å². The first-order valence-corrected chi connectivity index (χ1v) is 9.88. The molecule has 5 atom stereocenters. The van der Waals surface area contributed by atoms with Crippen LogP contribution in [0.4, 0.5) is 0 Å². The molecule has 1 aliphatic heterocycles. The predicted molar refractivity (Wildman–Crippen MR) is 108 cm³/mol. The SMILES string of the molecule is CC(=O)N[C@H]1[C@H](OC(=O)c2ccc(O)cc2)O[C@H](COC(C)=O)[C@@H](OC(C)=O)[C@@H]1OC(C)=O. The van der Waals surface area contributed by atoms with Crippen LogP contribution >= 0.6 is 0 Å². The first kappa shape index (κ1) is 25.6. The van der Waals surface area contributed by atoms with Gasteiger partial charge in [0.05, 0.1) is 5.56 Å². The lowest BCUT2D eigenvalue weighted by Crippen LogP contribution is -2.66. The van der Waals surface area contributed by atoms with Crippen LogP contribution in [-0.4, -0.2) is 72.1 Å². The molecule has 0 aliphatic carbocycles. The molecule has 1 fully saturated rings. The molecule has 1 heterocycles. The zero-order chi connectivity index (χ0) is 24.7. The second-order valence-electron chi connectivity index (χ2n) is 7.17. The molecule has 0 saturated carbocycles. The van der Waals surface area contributed by atoms with E-state index in [1.165, 1.54) is 31.2 Å². The van der Waals surface area contributed by atoms with Crippen molar-refractivity contribution in [2.75, 3.05) is 6.61 Å². The van der Waals surface area contributed by atoms with Crippen molar-refractivity contribution in [1.82, 2.24) is 5.32 Å². The minimum absolute atomic E-state index is 0.0562. The van der Waals surface area contributed by atoms with E-state index in [0.29, 0.717) is 0 Å². The number of nitrogens with one attached hydrogen (secondary N) is 1. The van der Waals surface area contributed by atoms with Gasteiger partial charge >= 0.3 is 23.9 Å². The summed E-state index contributed by atoms with van der Waals surface area (Å²) in [6.45, 7) is 4.11. The van der Waals surface area contributed by atoms with E-state index in [2.05, 4.69) is 5.32 Å². The van der Waals surface area contributed by atoms with Crippen LogP contribution in [0.25, 0.3) is 0 Å². The largest absolute Gasteiger partial charge is 0.508 e. The van der Waals surface area contributed by atoms with E-state index < -0.39 is 67.0 Å². The zero-order valence-corrected chi connectivity index (χ0v) is 18.4. The normalized spacial score (nSPS) is 24.2. The molecule has 2 N–H and O–H groups in total. The van der Waals surface area contributed by atoms with Gasteiger partial charge in [-0.3, -0.25) is 19.2 Å². The maximum Gasteiger partial charge on any atom is 0.340 e. The van der Waals surface area contributed by atoms with E-state index in [4.69, 9.17) is 23.7 Å². The van der Waals surface area contributed by atoms with Crippen molar-refractivity contribution in [3.05, 3.63) is 29.8 Å². The number of ether oxygens (including phenoxy) is 5. The van der Waals surface area contributed by atoms with Crippen LogP contribution in [0.2, 0.25) is 0 Å². The molecular formula is C21H25NO11. The number of phenolic OH excluding ortho intramolecular Hbond substituents is 1. The first-order chi connectivity index (χ1) is 15.5. The van der Waals surface area contributed by atoms with Crippen molar-refractivity contribution < 1.29 is 52.8 Å². The number of phenols is 1. The van der Waals surface area contributed by atoms with Crippen molar-refractivity contribution >= 4 is 29.8 Å². The zero-order valence-electron chi connectivity index (χ0n) is 18.4. The molecule has 0 spiro atoms. The number of hydrogen-bond donors (Lipinski definition) is 2. The third kappa shape index (κ3) is 7.45. The molecule has 33 heavy (non-hydrogen) atoms. The summed E-state index contributed by atoms with van der Waals surface area (Å²) < 4.78 is 26.7. The number of benzene rings is 1. The Balaban J connectivity index is 2.42. The second kappa shape index (κ2) is 11.3. The average Bonchev–Trinajstić information content (AvgIpc) is 2.70. The lowest BCUT2D eigenvalue weighted by atomic mass is 9.96. The summed E-state index contributed by atoms with van der Waals surface area (Å²) in [4.78, 5) is 59.3. The quantitative estimate of drug-likeness (QED) is 0.416. The summed E-state index contributed by atoms with van der Waals surface area (Å²) in [5.41, 5.74) is 0.0562. The van der Waals surface area contributed by atoms with Gasteiger partial charge < -0.3 is 34.1 Å². The Morgan fingerprint density at radius 3 is 1.97 bits per heavy atom. The maximum absolute atomic E-state index is 12.6. The molecule has 180 valence electrons. The van der Waals surface area contributed by atoms with Gasteiger partial charge in [-0.2, -0.15) is 0 Å². The molecule has 1 amide bonds. The topological polar surface area (TPSA) is 164 Å². The summed E-state index contributed by atoms with van der Waals surface area (Å²) in [6.07, 6.45) is -5.37. The highest BCUT2D eigenvalue weighted by atomic mass is 16.7. The number of hydrogen-bond acceptors (Lipinski definition) is 11. The Kier molecular flexibility index (Phi) is 8.74. The van der Waals surface area contributed by atoms with Crippen molar-refractivity contribution in [1.29, 1.82) is 0 Å². The molecule has 12 nitrogen and oxygen atoms in total. The summed E-state index contributed by atoms with van der Waals surface area (Å²) >= 11 is 0. The van der Waals surface area contributed by atoms with Gasteiger partial charge in [0.25, 0.3) is 0 Å². The van der Waals surface area contributed by atoms with Crippen molar-refractivity contribution in [2.24, 2.45) is 0 Å². The Morgan fingerprint density at radius 2 is 1.45 bits per heavy atom. The Bertz CT molecular complexity index is 898. The van der Waals surface area contributed by atoms with E-state index >= 15 is 0 Å². The highest BCUT2D eigenvalue weighted by Gasteiger charge is 2.52. The minimum atomic E-state index is -1.52. The molecular weight excluding hydrogens is 442 g/mol. The smallest absolute Gasteiger partial charge is 0.340 e. The maximum atomic E-state index is 12.6. The lowest BCUT2D eigenvalue weighted by molar-refractivity contribution is -0.263. The molecule has 0 unspecified atom stereocenters. The number of carbonyl (C=O) groups excluding carboxylic acids is 5. The highest BCUT2D eigenvalue weighted by Crippen LogP contribution is 2.28. The van der Waals surface area contributed by atoms with E-state index in [-0.39, 0.29) is 11.3 Å². The highest BCUT2D eigenvalue weighted by molar-refractivity contribution is 5.89. The molecule has 1 aromatic carbocycles. The number of carbonyl (C=O) groups is 5. The predicted octanol–water partition coefficient (Wildman–Crippen LogP) is 0.205. The molecule has 1 saturated heterocycles. The standard InChI is InChI=1S/C21H25NO11/c1-10(23)22-17-19(31-13(4)26)18(30-12(3)25)16(9-29-11(2)24)32-21(17)33-20(28)14-5-7-15(27)8-6-14/h5-8,16-19,21,27H,9H2,1-4H3,(H,22,23)/t16-,17-,18-,19-,21+/m1/s1. The molecule has 2 rings (SSSR count). The van der Waals surface area contributed by atoms with Crippen LogP contribution in [-0.2, 0) is 42.9 Å².